The van der Waals surface area contributed by atoms with Crippen LogP contribution in [0.25, 0.3) is 0 Å². The van der Waals surface area contributed by atoms with E-state index in [1.165, 1.54) is 0 Å². The van der Waals surface area contributed by atoms with Crippen molar-refractivity contribution >= 4 is 5.91 Å². The molecule has 5 nitrogen and oxygen atoms in total. The van der Waals surface area contributed by atoms with Crippen LogP contribution in [0.1, 0.15) is 12.8 Å². The number of nitrogens with one attached hydrogen (secondary N) is 1. The van der Waals surface area contributed by atoms with Gasteiger partial charge in [-0.15, -0.1) is 0 Å². The van der Waals surface area contributed by atoms with Gasteiger partial charge < -0.3 is 15.1 Å². The van der Waals surface area contributed by atoms with Crippen molar-refractivity contribution in [3.63, 3.8) is 0 Å². The van der Waals surface area contributed by atoms with E-state index in [2.05, 4.69) is 29.2 Å². The average Bonchev–Trinajstić information content (AvgIpc) is 2.90. The van der Waals surface area contributed by atoms with Crippen LogP contribution in [-0.2, 0) is 4.79 Å². The van der Waals surface area contributed by atoms with E-state index in [4.69, 9.17) is 0 Å². The Hall–Kier alpha value is -0.650. The molecule has 2 heterocycles. The summed E-state index contributed by atoms with van der Waals surface area (Å²) in [7, 11) is 4.21. The molecule has 0 aromatic carbocycles. The van der Waals surface area contributed by atoms with E-state index < -0.39 is 0 Å². The molecule has 18 heavy (non-hydrogen) atoms. The lowest BCUT2D eigenvalue weighted by Gasteiger charge is -2.36. The van der Waals surface area contributed by atoms with E-state index in [1.807, 2.05) is 4.90 Å². The Morgan fingerprint density at radius 1 is 1.28 bits per heavy atom. The second-order valence-electron chi connectivity index (χ2n) is 5.62. The van der Waals surface area contributed by atoms with Gasteiger partial charge in [-0.1, -0.05) is 0 Å². The van der Waals surface area contributed by atoms with Gasteiger partial charge >= 0.3 is 0 Å². The molecule has 0 aromatic heterocycles. The van der Waals surface area contributed by atoms with Gasteiger partial charge in [0.15, 0.2) is 0 Å². The van der Waals surface area contributed by atoms with Crippen LogP contribution < -0.4 is 5.32 Å². The maximum absolute atomic E-state index is 12.2. The van der Waals surface area contributed by atoms with Gasteiger partial charge in [-0.2, -0.15) is 0 Å². The molecule has 1 atom stereocenters. The first-order valence-electron chi connectivity index (χ1n) is 7.06. The summed E-state index contributed by atoms with van der Waals surface area (Å²) >= 11 is 0. The number of likely N-dealkylation sites (N-methyl/N-ethyl adjacent to an activating group) is 1. The van der Waals surface area contributed by atoms with Crippen LogP contribution in [0.15, 0.2) is 0 Å². The van der Waals surface area contributed by atoms with E-state index >= 15 is 0 Å². The molecule has 0 radical (unpaired) electrons. The van der Waals surface area contributed by atoms with Crippen molar-refractivity contribution in [2.45, 2.75) is 18.9 Å². The summed E-state index contributed by atoms with van der Waals surface area (Å²) in [6.45, 7) is 7.03. The standard InChI is InChI=1S/C13H26N4O/c1-15(2)6-7-16-8-10-17(11-9-16)13(18)12-4-3-5-14-12/h12,14H,3-11H2,1-2H3/t12-/m1/s1. The van der Waals surface area contributed by atoms with Crippen LogP contribution in [0.5, 0.6) is 0 Å². The van der Waals surface area contributed by atoms with Crippen molar-refractivity contribution in [2.24, 2.45) is 0 Å². The Kier molecular flexibility index (Phi) is 4.97. The third-order valence-electron chi connectivity index (χ3n) is 3.91. The van der Waals surface area contributed by atoms with Gasteiger partial charge in [0.1, 0.15) is 0 Å². The number of rotatable bonds is 4. The predicted molar refractivity (Wildman–Crippen MR) is 72.6 cm³/mol. The quantitative estimate of drug-likeness (QED) is 0.730. The van der Waals surface area contributed by atoms with Crippen LogP contribution in [0.3, 0.4) is 0 Å². The molecule has 2 fully saturated rings. The Balaban J connectivity index is 1.70. The van der Waals surface area contributed by atoms with Crippen molar-refractivity contribution in [1.29, 1.82) is 0 Å². The zero-order chi connectivity index (χ0) is 13.0. The molecule has 0 saturated carbocycles. The highest BCUT2D eigenvalue weighted by Crippen LogP contribution is 2.10. The lowest BCUT2D eigenvalue weighted by atomic mass is 10.2. The molecule has 104 valence electrons. The molecule has 1 amide bonds. The van der Waals surface area contributed by atoms with Crippen molar-refractivity contribution in [1.82, 2.24) is 20.0 Å². The van der Waals surface area contributed by atoms with Crippen molar-refractivity contribution in [2.75, 3.05) is 59.9 Å². The van der Waals surface area contributed by atoms with Gasteiger partial charge in [0.05, 0.1) is 6.04 Å². The highest BCUT2D eigenvalue weighted by molar-refractivity contribution is 5.82. The third kappa shape index (κ3) is 3.67. The SMILES string of the molecule is CN(C)CCN1CCN(C(=O)[C@H]2CCCN2)CC1. The molecule has 5 heteroatoms. The number of piperazine rings is 1. The highest BCUT2D eigenvalue weighted by Gasteiger charge is 2.28. The number of carbonyl (C=O) groups excluding carboxylic acids is 1. The molecule has 2 rings (SSSR count). The minimum atomic E-state index is 0.0957. The van der Waals surface area contributed by atoms with Gasteiger partial charge in [0, 0.05) is 39.3 Å². The first kappa shape index (κ1) is 13.8. The molecule has 2 aliphatic heterocycles. The topological polar surface area (TPSA) is 38.8 Å². The van der Waals surface area contributed by atoms with Crippen LogP contribution in [0.4, 0.5) is 0 Å². The summed E-state index contributed by atoms with van der Waals surface area (Å²) < 4.78 is 0. The van der Waals surface area contributed by atoms with Crippen molar-refractivity contribution in [3.05, 3.63) is 0 Å². The molecular weight excluding hydrogens is 228 g/mol. The monoisotopic (exact) mass is 254 g/mol. The Bertz CT molecular complexity index is 268. The fraction of sp³-hybridized carbons (Fsp3) is 0.923. The molecule has 2 aliphatic rings. The van der Waals surface area contributed by atoms with Crippen molar-refractivity contribution < 1.29 is 4.79 Å². The third-order valence-corrected chi connectivity index (χ3v) is 3.91. The van der Waals surface area contributed by atoms with Gasteiger partial charge in [-0.05, 0) is 33.5 Å². The van der Waals surface area contributed by atoms with Crippen LogP contribution in [-0.4, -0.2) is 86.6 Å². The zero-order valence-corrected chi connectivity index (χ0v) is 11.7. The van der Waals surface area contributed by atoms with Gasteiger partial charge in [-0.25, -0.2) is 0 Å². The number of amides is 1. The van der Waals surface area contributed by atoms with E-state index in [0.29, 0.717) is 5.91 Å². The second kappa shape index (κ2) is 6.50. The summed E-state index contributed by atoms with van der Waals surface area (Å²) in [6.07, 6.45) is 2.15. The molecule has 0 spiro atoms. The largest absolute Gasteiger partial charge is 0.339 e. The van der Waals surface area contributed by atoms with E-state index in [9.17, 15) is 4.79 Å². The first-order chi connectivity index (χ1) is 8.66. The lowest BCUT2D eigenvalue weighted by molar-refractivity contribution is -0.134. The molecule has 0 unspecified atom stereocenters. The molecule has 0 bridgehead atoms. The lowest BCUT2D eigenvalue weighted by Crippen LogP contribution is -2.53. The number of hydrogen-bond donors (Lipinski definition) is 1. The summed E-state index contributed by atoms with van der Waals surface area (Å²) in [5, 5.41) is 3.29. The zero-order valence-electron chi connectivity index (χ0n) is 11.7. The summed E-state index contributed by atoms with van der Waals surface area (Å²) in [6, 6.07) is 0.0957. The van der Waals surface area contributed by atoms with E-state index in [0.717, 1.165) is 58.7 Å². The van der Waals surface area contributed by atoms with Gasteiger partial charge in [0.2, 0.25) is 5.91 Å². The van der Waals surface area contributed by atoms with E-state index in [1.54, 1.807) is 0 Å². The van der Waals surface area contributed by atoms with Crippen LogP contribution in [0, 0.1) is 0 Å². The highest BCUT2D eigenvalue weighted by atomic mass is 16.2. The molecular formula is C13H26N4O. The number of hydrogen-bond acceptors (Lipinski definition) is 4. The Labute approximate surface area is 110 Å². The normalized spacial score (nSPS) is 25.9. The second-order valence-corrected chi connectivity index (χ2v) is 5.62. The molecule has 1 N–H and O–H groups in total. The summed E-state index contributed by atoms with van der Waals surface area (Å²) in [5.41, 5.74) is 0. The van der Waals surface area contributed by atoms with Gasteiger partial charge in [0.25, 0.3) is 0 Å². The van der Waals surface area contributed by atoms with Crippen LogP contribution in [0.2, 0.25) is 0 Å². The number of nitrogens with zero attached hydrogens (tertiary/aromatic N) is 3. The minimum Gasteiger partial charge on any atom is -0.339 e. The number of carbonyl (C=O) groups is 1. The fourth-order valence-corrected chi connectivity index (χ4v) is 2.65. The fourth-order valence-electron chi connectivity index (χ4n) is 2.65. The Morgan fingerprint density at radius 2 is 2.00 bits per heavy atom. The summed E-state index contributed by atoms with van der Waals surface area (Å²) in [5.74, 6) is 0.319. The average molecular weight is 254 g/mol. The smallest absolute Gasteiger partial charge is 0.239 e. The minimum absolute atomic E-state index is 0.0957. The summed E-state index contributed by atoms with van der Waals surface area (Å²) in [4.78, 5) is 18.9. The Morgan fingerprint density at radius 3 is 2.56 bits per heavy atom. The maximum atomic E-state index is 12.2. The molecule has 0 aromatic rings. The van der Waals surface area contributed by atoms with E-state index in [-0.39, 0.29) is 6.04 Å². The predicted octanol–water partition coefficient (Wildman–Crippen LogP) is -0.556. The van der Waals surface area contributed by atoms with Crippen LogP contribution >= 0.6 is 0 Å². The van der Waals surface area contributed by atoms with Crippen molar-refractivity contribution in [3.8, 4) is 0 Å². The molecule has 0 aliphatic carbocycles. The maximum Gasteiger partial charge on any atom is 0.239 e. The molecule has 2 saturated heterocycles. The van der Waals surface area contributed by atoms with Gasteiger partial charge in [-0.3, -0.25) is 9.69 Å². The first-order valence-corrected chi connectivity index (χ1v) is 7.06.